The third-order valence-electron chi connectivity index (χ3n) is 2.86. The molecule has 0 fully saturated rings. The number of rotatable bonds is 6. The van der Waals surface area contributed by atoms with Crippen LogP contribution >= 0.6 is 15.9 Å². The van der Waals surface area contributed by atoms with Crippen molar-refractivity contribution >= 4 is 27.9 Å². The first-order valence-corrected chi connectivity index (χ1v) is 7.45. The van der Waals surface area contributed by atoms with Gasteiger partial charge in [0, 0.05) is 16.1 Å². The molecule has 22 heavy (non-hydrogen) atoms. The zero-order chi connectivity index (χ0) is 15.8. The molecule has 2 aromatic rings. The van der Waals surface area contributed by atoms with Crippen LogP contribution in [0.5, 0.6) is 5.75 Å². The van der Waals surface area contributed by atoms with Gasteiger partial charge in [-0.1, -0.05) is 46.3 Å². The van der Waals surface area contributed by atoms with Crippen LogP contribution in [0.25, 0.3) is 6.08 Å². The molecule has 0 bridgehead atoms. The molecule has 0 aliphatic rings. The van der Waals surface area contributed by atoms with Crippen LogP contribution in [0.2, 0.25) is 0 Å². The average Bonchev–Trinajstić information content (AvgIpc) is 2.54. The Morgan fingerprint density at radius 2 is 2.00 bits per heavy atom. The molecule has 114 valence electrons. The quantitative estimate of drug-likeness (QED) is 0.629. The lowest BCUT2D eigenvalue weighted by molar-refractivity contribution is -0.129. The summed E-state index contributed by atoms with van der Waals surface area (Å²) in [7, 11) is 1.59. The number of ether oxygens (including phenoxy) is 1. The van der Waals surface area contributed by atoms with E-state index in [-0.39, 0.29) is 5.91 Å². The summed E-state index contributed by atoms with van der Waals surface area (Å²) >= 11 is 3.39. The highest BCUT2D eigenvalue weighted by Gasteiger charge is 2.02. The van der Waals surface area contributed by atoms with Gasteiger partial charge in [-0.3, -0.25) is 9.63 Å². The molecular weight excluding hydrogens is 346 g/mol. The largest absolute Gasteiger partial charge is 0.496 e. The predicted octanol–water partition coefficient (Wildman–Crippen LogP) is 3.72. The van der Waals surface area contributed by atoms with Gasteiger partial charge in [0.1, 0.15) is 5.75 Å². The van der Waals surface area contributed by atoms with E-state index in [0.29, 0.717) is 12.4 Å². The predicted molar refractivity (Wildman–Crippen MR) is 89.1 cm³/mol. The van der Waals surface area contributed by atoms with Crippen molar-refractivity contribution in [1.29, 1.82) is 0 Å². The van der Waals surface area contributed by atoms with Crippen LogP contribution in [0.4, 0.5) is 0 Å². The zero-order valence-corrected chi connectivity index (χ0v) is 13.7. The van der Waals surface area contributed by atoms with Crippen LogP contribution in [0.3, 0.4) is 0 Å². The minimum Gasteiger partial charge on any atom is -0.496 e. The van der Waals surface area contributed by atoms with E-state index in [1.807, 2.05) is 48.5 Å². The Kier molecular flexibility index (Phi) is 6.18. The first-order valence-electron chi connectivity index (χ1n) is 6.66. The number of hydroxylamine groups is 1. The van der Waals surface area contributed by atoms with Gasteiger partial charge in [-0.25, -0.2) is 5.48 Å². The van der Waals surface area contributed by atoms with Crippen LogP contribution in [-0.4, -0.2) is 13.0 Å². The normalized spacial score (nSPS) is 10.6. The number of amides is 1. The molecule has 5 heteroatoms. The van der Waals surface area contributed by atoms with Gasteiger partial charge in [-0.2, -0.15) is 0 Å². The Labute approximate surface area is 137 Å². The van der Waals surface area contributed by atoms with Crippen molar-refractivity contribution in [3.8, 4) is 5.75 Å². The minimum atomic E-state index is -0.335. The fraction of sp³-hybridized carbons (Fsp3) is 0.118. The molecule has 0 radical (unpaired) electrons. The molecule has 0 spiro atoms. The highest BCUT2D eigenvalue weighted by molar-refractivity contribution is 9.10. The molecule has 0 heterocycles. The summed E-state index contributed by atoms with van der Waals surface area (Å²) < 4.78 is 6.15. The van der Waals surface area contributed by atoms with Crippen molar-refractivity contribution in [1.82, 2.24) is 5.48 Å². The van der Waals surface area contributed by atoms with Gasteiger partial charge >= 0.3 is 0 Å². The Morgan fingerprint density at radius 1 is 1.23 bits per heavy atom. The fourth-order valence-electron chi connectivity index (χ4n) is 1.80. The maximum Gasteiger partial charge on any atom is 0.267 e. The topological polar surface area (TPSA) is 47.6 Å². The van der Waals surface area contributed by atoms with E-state index < -0.39 is 0 Å². The summed E-state index contributed by atoms with van der Waals surface area (Å²) in [4.78, 5) is 16.9. The Hall–Kier alpha value is -2.11. The van der Waals surface area contributed by atoms with E-state index in [4.69, 9.17) is 9.57 Å². The number of benzene rings is 2. The van der Waals surface area contributed by atoms with Crippen molar-refractivity contribution in [2.24, 2.45) is 0 Å². The van der Waals surface area contributed by atoms with E-state index in [9.17, 15) is 4.79 Å². The molecule has 2 aromatic carbocycles. The van der Waals surface area contributed by atoms with Crippen molar-refractivity contribution in [2.75, 3.05) is 7.11 Å². The van der Waals surface area contributed by atoms with Gasteiger partial charge in [0.15, 0.2) is 0 Å². The maximum atomic E-state index is 11.7. The number of nitrogens with one attached hydrogen (secondary N) is 1. The van der Waals surface area contributed by atoms with E-state index in [2.05, 4.69) is 21.4 Å². The molecule has 1 N–H and O–H groups in total. The van der Waals surface area contributed by atoms with E-state index in [1.54, 1.807) is 13.2 Å². The second kappa shape index (κ2) is 8.36. The van der Waals surface area contributed by atoms with Crippen molar-refractivity contribution in [3.05, 3.63) is 70.2 Å². The van der Waals surface area contributed by atoms with Crippen molar-refractivity contribution < 1.29 is 14.4 Å². The van der Waals surface area contributed by atoms with Gasteiger partial charge in [-0.05, 0) is 29.8 Å². The molecular formula is C17H16BrNO3. The molecule has 0 aromatic heterocycles. The van der Waals surface area contributed by atoms with Crippen LogP contribution in [0.15, 0.2) is 59.1 Å². The van der Waals surface area contributed by atoms with Crippen LogP contribution < -0.4 is 10.2 Å². The first kappa shape index (κ1) is 16.3. The van der Waals surface area contributed by atoms with Crippen LogP contribution in [-0.2, 0) is 16.2 Å². The molecule has 0 aliphatic heterocycles. The molecule has 0 aliphatic carbocycles. The fourth-order valence-corrected chi connectivity index (χ4v) is 2.18. The Balaban J connectivity index is 1.87. The van der Waals surface area contributed by atoms with Crippen molar-refractivity contribution in [2.45, 2.75) is 6.61 Å². The first-order chi connectivity index (χ1) is 10.7. The molecule has 0 saturated heterocycles. The summed E-state index contributed by atoms with van der Waals surface area (Å²) in [5, 5.41) is 0. The average molecular weight is 362 g/mol. The third-order valence-corrected chi connectivity index (χ3v) is 3.35. The van der Waals surface area contributed by atoms with Gasteiger partial charge in [0.05, 0.1) is 13.7 Å². The number of carbonyl (C=O) groups excluding carboxylic acids is 1. The lowest BCUT2D eigenvalue weighted by atomic mass is 10.2. The number of hydrogen-bond donors (Lipinski definition) is 1. The van der Waals surface area contributed by atoms with E-state index in [0.717, 1.165) is 15.6 Å². The summed E-state index contributed by atoms with van der Waals surface area (Å²) in [6, 6.07) is 15.2. The number of halogens is 1. The second-order valence-corrected chi connectivity index (χ2v) is 5.38. The SMILES string of the molecule is COc1ccc(Br)cc1/C=C/C(=O)NOCc1ccccc1. The van der Waals surface area contributed by atoms with Crippen molar-refractivity contribution in [3.63, 3.8) is 0 Å². The standard InChI is InChI=1S/C17H16BrNO3/c1-21-16-9-8-15(18)11-14(16)7-10-17(20)19-22-12-13-5-3-2-4-6-13/h2-11H,12H2,1H3,(H,19,20)/b10-7+. The third kappa shape index (κ3) is 5.02. The highest BCUT2D eigenvalue weighted by Crippen LogP contribution is 2.23. The number of hydrogen-bond acceptors (Lipinski definition) is 3. The summed E-state index contributed by atoms with van der Waals surface area (Å²) in [5.74, 6) is 0.357. The van der Waals surface area contributed by atoms with Gasteiger partial charge in [0.2, 0.25) is 0 Å². The monoisotopic (exact) mass is 361 g/mol. The van der Waals surface area contributed by atoms with E-state index in [1.165, 1.54) is 6.08 Å². The van der Waals surface area contributed by atoms with Gasteiger partial charge in [-0.15, -0.1) is 0 Å². The number of methoxy groups -OCH3 is 1. The second-order valence-electron chi connectivity index (χ2n) is 4.46. The zero-order valence-electron chi connectivity index (χ0n) is 12.1. The molecule has 4 nitrogen and oxygen atoms in total. The number of carbonyl (C=O) groups is 1. The summed E-state index contributed by atoms with van der Waals surface area (Å²) in [5.41, 5.74) is 4.16. The molecule has 0 saturated carbocycles. The molecule has 0 unspecified atom stereocenters. The molecule has 1 amide bonds. The lowest BCUT2D eigenvalue weighted by Gasteiger charge is -2.05. The Morgan fingerprint density at radius 3 is 2.73 bits per heavy atom. The molecule has 0 atom stereocenters. The molecule has 2 rings (SSSR count). The Bertz CT molecular complexity index is 656. The van der Waals surface area contributed by atoms with E-state index >= 15 is 0 Å². The van der Waals surface area contributed by atoms with Crippen LogP contribution in [0, 0.1) is 0 Å². The lowest BCUT2D eigenvalue weighted by Crippen LogP contribution is -2.21. The highest BCUT2D eigenvalue weighted by atomic mass is 79.9. The minimum absolute atomic E-state index is 0.320. The van der Waals surface area contributed by atoms with Gasteiger partial charge in [0.25, 0.3) is 5.91 Å². The summed E-state index contributed by atoms with van der Waals surface area (Å²) in [6.45, 7) is 0.320. The maximum absolute atomic E-state index is 11.7. The van der Waals surface area contributed by atoms with Gasteiger partial charge < -0.3 is 4.74 Å². The smallest absolute Gasteiger partial charge is 0.267 e. The summed E-state index contributed by atoms with van der Waals surface area (Å²) in [6.07, 6.45) is 3.07. The van der Waals surface area contributed by atoms with Crippen LogP contribution in [0.1, 0.15) is 11.1 Å².